The Labute approximate surface area is 128 Å². The average Bonchev–Trinajstić information content (AvgIpc) is 2.92. The van der Waals surface area contributed by atoms with Crippen molar-refractivity contribution in [2.24, 2.45) is 0 Å². The van der Waals surface area contributed by atoms with Gasteiger partial charge in [-0.05, 0) is 19.8 Å². The molecule has 0 aromatic carbocycles. The van der Waals surface area contributed by atoms with E-state index in [1.54, 1.807) is 6.92 Å². The lowest BCUT2D eigenvalue weighted by molar-refractivity contribution is -0.135. The lowest BCUT2D eigenvalue weighted by Crippen LogP contribution is -2.54. The van der Waals surface area contributed by atoms with Crippen molar-refractivity contribution in [2.45, 2.75) is 43.9 Å². The predicted molar refractivity (Wildman–Crippen MR) is 79.2 cm³/mol. The van der Waals surface area contributed by atoms with Crippen LogP contribution < -0.4 is 0 Å². The zero-order chi connectivity index (χ0) is 14.7. The number of aromatic nitrogens is 2. The molecule has 2 fully saturated rings. The Hall–Kier alpha value is -1.08. The molecule has 3 heterocycles. The molecule has 1 aromatic rings. The fourth-order valence-corrected chi connectivity index (χ4v) is 4.27. The highest BCUT2D eigenvalue weighted by Gasteiger charge is 2.36. The van der Waals surface area contributed by atoms with Crippen molar-refractivity contribution in [2.75, 3.05) is 25.5 Å². The van der Waals surface area contributed by atoms with Crippen LogP contribution >= 0.6 is 11.8 Å². The van der Waals surface area contributed by atoms with Crippen LogP contribution in [0, 0.1) is 6.92 Å². The van der Waals surface area contributed by atoms with Gasteiger partial charge in [-0.1, -0.05) is 5.16 Å². The van der Waals surface area contributed by atoms with E-state index in [1.807, 2.05) is 11.8 Å². The van der Waals surface area contributed by atoms with Crippen LogP contribution in [0.25, 0.3) is 0 Å². The zero-order valence-corrected chi connectivity index (χ0v) is 13.1. The van der Waals surface area contributed by atoms with Crippen LogP contribution in [0.15, 0.2) is 4.52 Å². The molecule has 0 radical (unpaired) electrons. The number of thioether (sulfide) groups is 1. The molecule has 0 saturated carbocycles. The van der Waals surface area contributed by atoms with Crippen LogP contribution in [-0.2, 0) is 16.0 Å². The topological polar surface area (TPSA) is 68.5 Å². The monoisotopic (exact) mass is 311 g/mol. The van der Waals surface area contributed by atoms with Crippen LogP contribution in [0.1, 0.15) is 31.0 Å². The first-order valence-corrected chi connectivity index (χ1v) is 8.57. The van der Waals surface area contributed by atoms with E-state index < -0.39 is 0 Å². The van der Waals surface area contributed by atoms with Crippen LogP contribution in [0.2, 0.25) is 0 Å². The minimum atomic E-state index is 0.253. The second-order valence-electron chi connectivity index (χ2n) is 5.52. The highest BCUT2D eigenvalue weighted by atomic mass is 32.2. The number of carbonyl (C=O) groups excluding carboxylic acids is 1. The summed E-state index contributed by atoms with van der Waals surface area (Å²) in [4.78, 5) is 18.7. The molecule has 21 heavy (non-hydrogen) atoms. The number of hydrogen-bond acceptors (Lipinski definition) is 6. The molecule has 3 rings (SSSR count). The van der Waals surface area contributed by atoms with E-state index in [9.17, 15) is 4.79 Å². The highest BCUT2D eigenvalue weighted by molar-refractivity contribution is 8.00. The summed E-state index contributed by atoms with van der Waals surface area (Å²) in [7, 11) is 0. The van der Waals surface area contributed by atoms with Gasteiger partial charge in [-0.3, -0.25) is 4.79 Å². The molecule has 0 N–H and O–H groups in total. The van der Waals surface area contributed by atoms with E-state index in [2.05, 4.69) is 15.0 Å². The summed E-state index contributed by atoms with van der Waals surface area (Å²) in [5.41, 5.74) is 0. The maximum atomic E-state index is 12.5. The molecule has 2 atom stereocenters. The highest BCUT2D eigenvalue weighted by Crippen LogP contribution is 2.30. The minimum Gasteiger partial charge on any atom is -0.380 e. The Balaban J connectivity index is 1.49. The van der Waals surface area contributed by atoms with Gasteiger partial charge in [0.15, 0.2) is 5.82 Å². The molecule has 7 heteroatoms. The molecular weight excluding hydrogens is 290 g/mol. The molecule has 0 bridgehead atoms. The number of fused-ring (bicyclic) bond motifs is 1. The fourth-order valence-electron chi connectivity index (χ4n) is 2.97. The third kappa shape index (κ3) is 3.58. The van der Waals surface area contributed by atoms with Gasteiger partial charge in [0.1, 0.15) is 0 Å². The van der Waals surface area contributed by atoms with Crippen LogP contribution in [0.4, 0.5) is 0 Å². The number of nitrogens with zero attached hydrogens (tertiary/aromatic N) is 3. The average molecular weight is 311 g/mol. The van der Waals surface area contributed by atoms with Gasteiger partial charge >= 0.3 is 0 Å². The van der Waals surface area contributed by atoms with Crippen molar-refractivity contribution in [3.05, 3.63) is 11.7 Å². The SMILES string of the molecule is Cc1noc(CCCC(=O)N2CCSC3COCCC32)n1. The number of hydrogen-bond donors (Lipinski definition) is 0. The first kappa shape index (κ1) is 14.8. The van der Waals surface area contributed by atoms with Gasteiger partial charge in [-0.15, -0.1) is 0 Å². The molecule has 0 spiro atoms. The lowest BCUT2D eigenvalue weighted by atomic mass is 10.0. The summed E-state index contributed by atoms with van der Waals surface area (Å²) in [5, 5.41) is 4.21. The standard InChI is InChI=1S/C14H21N3O3S/c1-10-15-13(20-16-10)3-2-4-14(18)17-6-8-21-12-9-19-7-5-11(12)17/h11-12H,2-9H2,1H3. The number of amides is 1. The smallest absolute Gasteiger partial charge is 0.226 e. The summed E-state index contributed by atoms with van der Waals surface area (Å²) in [6.45, 7) is 4.21. The maximum Gasteiger partial charge on any atom is 0.226 e. The normalized spacial score (nSPS) is 25.7. The molecule has 0 aliphatic carbocycles. The second kappa shape index (κ2) is 6.79. The first-order valence-electron chi connectivity index (χ1n) is 7.52. The van der Waals surface area contributed by atoms with Crippen molar-refractivity contribution >= 4 is 17.7 Å². The molecule has 1 amide bonds. The summed E-state index contributed by atoms with van der Waals surface area (Å²) in [5.74, 6) is 2.54. The predicted octanol–water partition coefficient (Wildman–Crippen LogP) is 1.43. The summed E-state index contributed by atoms with van der Waals surface area (Å²) >= 11 is 1.94. The maximum absolute atomic E-state index is 12.5. The number of rotatable bonds is 4. The Kier molecular flexibility index (Phi) is 4.80. The largest absolute Gasteiger partial charge is 0.380 e. The Morgan fingerprint density at radius 3 is 3.24 bits per heavy atom. The third-order valence-electron chi connectivity index (χ3n) is 4.00. The lowest BCUT2D eigenvalue weighted by Gasteiger charge is -2.43. The Bertz CT molecular complexity index is 492. The summed E-state index contributed by atoms with van der Waals surface area (Å²) in [6, 6.07) is 0.357. The zero-order valence-electron chi connectivity index (χ0n) is 12.3. The molecule has 1 aromatic heterocycles. The number of ether oxygens (including phenoxy) is 1. The summed E-state index contributed by atoms with van der Waals surface area (Å²) < 4.78 is 10.6. The van der Waals surface area contributed by atoms with Gasteiger partial charge in [-0.25, -0.2) is 0 Å². The van der Waals surface area contributed by atoms with E-state index in [-0.39, 0.29) is 5.91 Å². The van der Waals surface area contributed by atoms with Crippen molar-refractivity contribution in [3.8, 4) is 0 Å². The molecule has 116 valence electrons. The van der Waals surface area contributed by atoms with Crippen LogP contribution in [-0.4, -0.2) is 57.8 Å². The van der Waals surface area contributed by atoms with E-state index in [0.717, 1.165) is 38.4 Å². The molecule has 2 aliphatic heterocycles. The molecule has 2 aliphatic rings. The van der Waals surface area contributed by atoms with Gasteiger partial charge < -0.3 is 14.2 Å². The molecular formula is C14H21N3O3S. The van der Waals surface area contributed by atoms with Gasteiger partial charge in [0.25, 0.3) is 0 Å². The fraction of sp³-hybridized carbons (Fsp3) is 0.786. The van der Waals surface area contributed by atoms with E-state index in [1.165, 1.54) is 0 Å². The van der Waals surface area contributed by atoms with Crippen LogP contribution in [0.5, 0.6) is 0 Å². The van der Waals surface area contributed by atoms with Crippen molar-refractivity contribution in [1.29, 1.82) is 0 Å². The Morgan fingerprint density at radius 1 is 1.52 bits per heavy atom. The third-order valence-corrected chi connectivity index (χ3v) is 5.30. The number of carbonyl (C=O) groups is 1. The van der Waals surface area contributed by atoms with E-state index in [0.29, 0.717) is 35.8 Å². The number of aryl methyl sites for hydroxylation is 2. The quantitative estimate of drug-likeness (QED) is 0.838. The summed E-state index contributed by atoms with van der Waals surface area (Å²) in [6.07, 6.45) is 2.95. The van der Waals surface area contributed by atoms with Gasteiger partial charge in [0.05, 0.1) is 6.61 Å². The van der Waals surface area contributed by atoms with Crippen molar-refractivity contribution in [3.63, 3.8) is 0 Å². The van der Waals surface area contributed by atoms with E-state index in [4.69, 9.17) is 9.26 Å². The van der Waals surface area contributed by atoms with E-state index >= 15 is 0 Å². The second-order valence-corrected chi connectivity index (χ2v) is 6.86. The first-order chi connectivity index (χ1) is 10.2. The van der Waals surface area contributed by atoms with Gasteiger partial charge in [0, 0.05) is 43.0 Å². The van der Waals surface area contributed by atoms with Crippen LogP contribution in [0.3, 0.4) is 0 Å². The van der Waals surface area contributed by atoms with Crippen molar-refractivity contribution < 1.29 is 14.1 Å². The molecule has 6 nitrogen and oxygen atoms in total. The molecule has 2 unspecified atom stereocenters. The van der Waals surface area contributed by atoms with Gasteiger partial charge in [0.2, 0.25) is 11.8 Å². The molecule has 2 saturated heterocycles. The van der Waals surface area contributed by atoms with Gasteiger partial charge in [-0.2, -0.15) is 16.7 Å². The minimum absolute atomic E-state index is 0.253. The Morgan fingerprint density at radius 2 is 2.43 bits per heavy atom. The van der Waals surface area contributed by atoms with Crippen molar-refractivity contribution in [1.82, 2.24) is 15.0 Å².